The summed E-state index contributed by atoms with van der Waals surface area (Å²) in [5, 5.41) is 5.01. The molecule has 5 nitrogen and oxygen atoms in total. The van der Waals surface area contributed by atoms with Crippen molar-refractivity contribution < 1.29 is 4.42 Å². The molecule has 0 spiro atoms. The molecule has 1 fully saturated rings. The maximum absolute atomic E-state index is 12.8. The molecule has 32 heavy (non-hydrogen) atoms. The van der Waals surface area contributed by atoms with Gasteiger partial charge in [0.05, 0.1) is 16.4 Å². The van der Waals surface area contributed by atoms with Crippen LogP contribution in [0, 0.1) is 0 Å². The Morgan fingerprint density at radius 2 is 1.44 bits per heavy atom. The summed E-state index contributed by atoms with van der Waals surface area (Å²) in [4.78, 5) is 17.7. The van der Waals surface area contributed by atoms with Crippen LogP contribution in [0.15, 0.2) is 69.9 Å². The zero-order valence-corrected chi connectivity index (χ0v) is 18.9. The molecule has 0 saturated carbocycles. The van der Waals surface area contributed by atoms with Crippen molar-refractivity contribution in [1.82, 2.24) is 14.4 Å². The van der Waals surface area contributed by atoms with Crippen LogP contribution >= 0.6 is 12.4 Å². The van der Waals surface area contributed by atoms with Crippen LogP contribution in [0.4, 0.5) is 0 Å². The van der Waals surface area contributed by atoms with Gasteiger partial charge in [-0.25, -0.2) is 4.79 Å². The molecule has 0 aliphatic carbocycles. The van der Waals surface area contributed by atoms with Crippen LogP contribution in [-0.2, 0) is 6.54 Å². The van der Waals surface area contributed by atoms with Crippen LogP contribution in [0.1, 0.15) is 0 Å². The molecule has 164 valence electrons. The van der Waals surface area contributed by atoms with E-state index in [1.54, 1.807) is 0 Å². The van der Waals surface area contributed by atoms with E-state index in [-0.39, 0.29) is 18.0 Å². The van der Waals surface area contributed by atoms with Gasteiger partial charge in [-0.3, -0.25) is 4.90 Å². The average Bonchev–Trinajstić information content (AvgIpc) is 3.13. The third-order valence-electron chi connectivity index (χ3n) is 6.73. The minimum atomic E-state index is -0.269. The molecule has 6 rings (SSSR count). The monoisotopic (exact) mass is 447 g/mol. The largest absolute Gasteiger partial charge is 0.420 e. The van der Waals surface area contributed by atoms with Gasteiger partial charge < -0.3 is 13.9 Å². The van der Waals surface area contributed by atoms with Crippen molar-refractivity contribution in [2.75, 3.05) is 39.8 Å². The van der Waals surface area contributed by atoms with Gasteiger partial charge in [0.25, 0.3) is 0 Å². The van der Waals surface area contributed by atoms with Gasteiger partial charge in [-0.05, 0) is 24.6 Å². The van der Waals surface area contributed by atoms with Crippen LogP contribution in [0.5, 0.6) is 0 Å². The molecule has 5 aromatic rings. The summed E-state index contributed by atoms with van der Waals surface area (Å²) >= 11 is 0. The molecule has 0 amide bonds. The molecule has 0 bridgehead atoms. The van der Waals surface area contributed by atoms with E-state index in [9.17, 15) is 4.79 Å². The Balaban J connectivity index is 0.00000216. The molecule has 1 aliphatic rings. The van der Waals surface area contributed by atoms with Gasteiger partial charge in [0.2, 0.25) is 0 Å². The molecule has 3 heterocycles. The molecule has 0 radical (unpaired) electrons. The first-order chi connectivity index (χ1) is 15.2. The smallest absolute Gasteiger partial charge is 0.344 e. The summed E-state index contributed by atoms with van der Waals surface area (Å²) in [7, 11) is 2.19. The standard InChI is InChI=1S/C26H25N3O2.ClH/c1-27-12-14-28(15-13-27)16-17-29-23-19-7-3-2-6-18(19)10-11-22(23)25-24(29)20-8-4-5-9-21(20)26(30)31-25;/h2-11H,12-17H2,1H3;1H. The summed E-state index contributed by atoms with van der Waals surface area (Å²) in [6.45, 7) is 6.22. The minimum Gasteiger partial charge on any atom is -0.420 e. The van der Waals surface area contributed by atoms with Gasteiger partial charge in [0.1, 0.15) is 0 Å². The highest BCUT2D eigenvalue weighted by Crippen LogP contribution is 2.36. The topological polar surface area (TPSA) is 41.6 Å². The fourth-order valence-corrected chi connectivity index (χ4v) is 5.01. The van der Waals surface area contributed by atoms with E-state index in [2.05, 4.69) is 57.8 Å². The van der Waals surface area contributed by atoms with E-state index in [0.29, 0.717) is 11.0 Å². The molecule has 0 N–H and O–H groups in total. The SMILES string of the molecule is CN1CCN(CCn2c3c4ccccc4ccc3c3oc(=O)c4ccccc4c32)CC1.Cl. The lowest BCUT2D eigenvalue weighted by atomic mass is 10.1. The fraction of sp³-hybridized carbons (Fsp3) is 0.269. The Morgan fingerprint density at radius 1 is 0.750 bits per heavy atom. The zero-order chi connectivity index (χ0) is 20.9. The Hall–Kier alpha value is -2.86. The Morgan fingerprint density at radius 3 is 2.22 bits per heavy atom. The first-order valence-corrected chi connectivity index (χ1v) is 11.0. The molecular weight excluding hydrogens is 422 g/mol. The number of likely N-dealkylation sites (N-methyl/N-ethyl adjacent to an activating group) is 1. The van der Waals surface area contributed by atoms with Crippen molar-refractivity contribution in [3.63, 3.8) is 0 Å². The third kappa shape index (κ3) is 3.28. The number of nitrogens with zero attached hydrogens (tertiary/aromatic N) is 3. The fourth-order valence-electron chi connectivity index (χ4n) is 5.01. The van der Waals surface area contributed by atoms with Crippen molar-refractivity contribution in [2.24, 2.45) is 0 Å². The number of hydrogen-bond donors (Lipinski definition) is 0. The molecule has 2 aromatic heterocycles. The van der Waals surface area contributed by atoms with Crippen molar-refractivity contribution in [2.45, 2.75) is 6.54 Å². The Bertz CT molecular complexity index is 1500. The van der Waals surface area contributed by atoms with Gasteiger partial charge in [-0.15, -0.1) is 12.4 Å². The van der Waals surface area contributed by atoms with Gasteiger partial charge in [0.15, 0.2) is 5.58 Å². The summed E-state index contributed by atoms with van der Waals surface area (Å²) in [6.07, 6.45) is 0. The van der Waals surface area contributed by atoms with Crippen LogP contribution in [0.3, 0.4) is 0 Å². The highest BCUT2D eigenvalue weighted by molar-refractivity contribution is 6.20. The van der Waals surface area contributed by atoms with Gasteiger partial charge in [-0.2, -0.15) is 0 Å². The molecule has 0 atom stereocenters. The van der Waals surface area contributed by atoms with Gasteiger partial charge in [-0.1, -0.05) is 48.5 Å². The van der Waals surface area contributed by atoms with Crippen LogP contribution in [0.25, 0.3) is 43.5 Å². The molecule has 1 aliphatic heterocycles. The lowest BCUT2D eigenvalue weighted by Gasteiger charge is -2.32. The predicted octanol–water partition coefficient (Wildman–Crippen LogP) is 4.72. The summed E-state index contributed by atoms with van der Waals surface area (Å²) in [5.74, 6) is 0. The van der Waals surface area contributed by atoms with E-state index in [4.69, 9.17) is 4.42 Å². The molecular formula is C26H26ClN3O2. The predicted molar refractivity (Wildman–Crippen MR) is 134 cm³/mol. The average molecular weight is 448 g/mol. The molecule has 3 aromatic carbocycles. The number of hydrogen-bond acceptors (Lipinski definition) is 4. The van der Waals surface area contributed by atoms with E-state index < -0.39 is 0 Å². The van der Waals surface area contributed by atoms with Crippen molar-refractivity contribution >= 4 is 56.0 Å². The van der Waals surface area contributed by atoms with Crippen LogP contribution in [0.2, 0.25) is 0 Å². The Kier molecular flexibility index (Phi) is 5.41. The normalized spacial score (nSPS) is 15.7. The highest BCUT2D eigenvalue weighted by Gasteiger charge is 2.20. The first-order valence-electron chi connectivity index (χ1n) is 11.0. The first kappa shape index (κ1) is 21.0. The molecule has 6 heteroatoms. The van der Waals surface area contributed by atoms with E-state index in [1.807, 2.05) is 24.3 Å². The number of halogens is 1. The highest BCUT2D eigenvalue weighted by atomic mass is 35.5. The summed E-state index contributed by atoms with van der Waals surface area (Å²) in [5.41, 5.74) is 2.61. The number of fused-ring (bicyclic) bond motifs is 7. The van der Waals surface area contributed by atoms with Gasteiger partial charge >= 0.3 is 5.63 Å². The molecule has 1 saturated heterocycles. The van der Waals surface area contributed by atoms with Crippen molar-refractivity contribution in [3.05, 3.63) is 71.1 Å². The lowest BCUT2D eigenvalue weighted by Crippen LogP contribution is -2.45. The quantitative estimate of drug-likeness (QED) is 0.401. The second-order valence-electron chi connectivity index (χ2n) is 8.59. The van der Waals surface area contributed by atoms with E-state index in [1.165, 1.54) is 10.8 Å². The number of piperazine rings is 1. The maximum atomic E-state index is 12.8. The Labute approximate surface area is 192 Å². The minimum absolute atomic E-state index is 0. The summed E-state index contributed by atoms with van der Waals surface area (Å²) in [6, 6.07) is 20.5. The third-order valence-corrected chi connectivity index (χ3v) is 6.73. The maximum Gasteiger partial charge on any atom is 0.344 e. The van der Waals surface area contributed by atoms with Crippen molar-refractivity contribution in [1.29, 1.82) is 0 Å². The second-order valence-corrected chi connectivity index (χ2v) is 8.59. The van der Waals surface area contributed by atoms with Crippen LogP contribution in [-0.4, -0.2) is 54.1 Å². The second kappa shape index (κ2) is 8.24. The van der Waals surface area contributed by atoms with E-state index >= 15 is 0 Å². The van der Waals surface area contributed by atoms with Crippen molar-refractivity contribution in [3.8, 4) is 0 Å². The molecule has 0 unspecified atom stereocenters. The number of aromatic nitrogens is 1. The van der Waals surface area contributed by atoms with Gasteiger partial charge in [0, 0.05) is 55.4 Å². The number of rotatable bonds is 3. The van der Waals surface area contributed by atoms with Crippen LogP contribution < -0.4 is 5.63 Å². The lowest BCUT2D eigenvalue weighted by molar-refractivity contribution is 0.151. The number of benzene rings is 3. The zero-order valence-electron chi connectivity index (χ0n) is 18.1. The summed E-state index contributed by atoms with van der Waals surface area (Å²) < 4.78 is 8.31. The van der Waals surface area contributed by atoms with E-state index in [0.717, 1.165) is 61.1 Å².